The van der Waals surface area contributed by atoms with Gasteiger partial charge in [-0.2, -0.15) is 0 Å². The minimum atomic E-state index is -1.30. The third-order valence-corrected chi connectivity index (χ3v) is 2.71. The van der Waals surface area contributed by atoms with E-state index >= 15 is 0 Å². The molecular weight excluding hydrogens is 278 g/mol. The number of carboxylic acid groups (broad SMARTS) is 1. The molecule has 0 atom stereocenters. The van der Waals surface area contributed by atoms with Gasteiger partial charge in [-0.1, -0.05) is 0 Å². The van der Waals surface area contributed by atoms with Crippen LogP contribution in [-0.2, 0) is 0 Å². The number of phenolic OH excluding ortho intramolecular Hbond substituents is 2. The third-order valence-electron chi connectivity index (χ3n) is 2.71. The molecule has 2 aromatic rings. The maximum atomic E-state index is 11.9. The summed E-state index contributed by atoms with van der Waals surface area (Å²) in [5.74, 6) is -3.03. The molecule has 7 heteroatoms. The Morgan fingerprint density at radius 3 is 2.19 bits per heavy atom. The zero-order valence-corrected chi connectivity index (χ0v) is 10.6. The van der Waals surface area contributed by atoms with Gasteiger partial charge in [0, 0.05) is 11.8 Å². The van der Waals surface area contributed by atoms with Crippen molar-refractivity contribution in [2.24, 2.45) is 0 Å². The molecule has 0 unspecified atom stereocenters. The second kappa shape index (κ2) is 5.41. The summed E-state index contributed by atoms with van der Waals surface area (Å²) < 4.78 is 0. The normalized spacial score (nSPS) is 10.1. The Morgan fingerprint density at radius 2 is 1.57 bits per heavy atom. The van der Waals surface area contributed by atoms with E-state index < -0.39 is 17.6 Å². The van der Waals surface area contributed by atoms with Crippen molar-refractivity contribution in [3.63, 3.8) is 0 Å². The zero-order chi connectivity index (χ0) is 15.6. The van der Waals surface area contributed by atoms with Crippen LogP contribution in [0.1, 0.15) is 20.7 Å². The lowest BCUT2D eigenvalue weighted by molar-refractivity contribution is 0.0693. The summed E-state index contributed by atoms with van der Waals surface area (Å²) in [7, 11) is 0. The molecule has 0 spiro atoms. The van der Waals surface area contributed by atoms with Crippen molar-refractivity contribution < 1.29 is 30.0 Å². The highest BCUT2D eigenvalue weighted by atomic mass is 16.4. The van der Waals surface area contributed by atoms with Gasteiger partial charge in [0.05, 0.1) is 5.56 Å². The number of phenols is 3. The molecule has 5 N–H and O–H groups in total. The van der Waals surface area contributed by atoms with Crippen LogP contribution < -0.4 is 5.32 Å². The zero-order valence-electron chi connectivity index (χ0n) is 10.6. The maximum Gasteiger partial charge on any atom is 0.339 e. The predicted octanol–water partition coefficient (Wildman–Crippen LogP) is 1.75. The molecule has 0 fully saturated rings. The van der Waals surface area contributed by atoms with E-state index in [4.69, 9.17) is 5.11 Å². The number of hydrogen-bond donors (Lipinski definition) is 5. The summed E-state index contributed by atoms with van der Waals surface area (Å²) in [4.78, 5) is 22.7. The van der Waals surface area contributed by atoms with Crippen molar-refractivity contribution in [1.82, 2.24) is 0 Å². The number of amides is 1. The highest BCUT2D eigenvalue weighted by Gasteiger charge is 2.14. The second-order valence-electron chi connectivity index (χ2n) is 4.19. The largest absolute Gasteiger partial charge is 0.508 e. The number of rotatable bonds is 3. The molecule has 0 saturated carbocycles. The van der Waals surface area contributed by atoms with Gasteiger partial charge in [-0.3, -0.25) is 4.79 Å². The first kappa shape index (κ1) is 14.2. The molecule has 7 nitrogen and oxygen atoms in total. The van der Waals surface area contributed by atoms with Gasteiger partial charge >= 0.3 is 5.97 Å². The van der Waals surface area contributed by atoms with Crippen LogP contribution in [0.3, 0.4) is 0 Å². The summed E-state index contributed by atoms with van der Waals surface area (Å²) in [6, 6.07) is 6.96. The number of nitrogens with one attached hydrogen (secondary N) is 1. The molecule has 2 rings (SSSR count). The molecule has 2 aromatic carbocycles. The van der Waals surface area contributed by atoms with E-state index in [2.05, 4.69) is 5.32 Å². The van der Waals surface area contributed by atoms with Crippen molar-refractivity contribution in [1.29, 1.82) is 0 Å². The number of carbonyl (C=O) groups is 2. The minimum Gasteiger partial charge on any atom is -0.508 e. The van der Waals surface area contributed by atoms with Gasteiger partial charge in [0.2, 0.25) is 0 Å². The fourth-order valence-electron chi connectivity index (χ4n) is 1.69. The average Bonchev–Trinajstić information content (AvgIpc) is 2.41. The predicted molar refractivity (Wildman–Crippen MR) is 72.8 cm³/mol. The first-order valence-electron chi connectivity index (χ1n) is 5.78. The number of anilines is 1. The summed E-state index contributed by atoms with van der Waals surface area (Å²) in [6.45, 7) is 0. The molecule has 0 heterocycles. The molecule has 0 aliphatic carbocycles. The average molecular weight is 289 g/mol. The summed E-state index contributed by atoms with van der Waals surface area (Å²) in [5.41, 5.74) is -0.310. The standard InChI is InChI=1S/C14H11NO6/c16-8-2-4-11(17)10(6-8)13(19)15-7-1-3-9(14(20)21)12(18)5-7/h1-6,16-18H,(H,15,19)(H,20,21). The van der Waals surface area contributed by atoms with Crippen LogP contribution in [0, 0.1) is 0 Å². The Bertz CT molecular complexity index is 725. The van der Waals surface area contributed by atoms with Crippen molar-refractivity contribution in [3.05, 3.63) is 47.5 Å². The van der Waals surface area contributed by atoms with E-state index in [0.717, 1.165) is 24.3 Å². The first-order chi connectivity index (χ1) is 9.88. The van der Waals surface area contributed by atoms with Gasteiger partial charge < -0.3 is 25.7 Å². The topological polar surface area (TPSA) is 127 Å². The van der Waals surface area contributed by atoms with Crippen LogP contribution in [0.4, 0.5) is 5.69 Å². The minimum absolute atomic E-state index is 0.144. The fraction of sp³-hybridized carbons (Fsp3) is 0. The number of aromatic carboxylic acids is 1. The third kappa shape index (κ3) is 3.03. The van der Waals surface area contributed by atoms with Gasteiger partial charge in [0.25, 0.3) is 5.91 Å². The van der Waals surface area contributed by atoms with Crippen LogP contribution in [0.2, 0.25) is 0 Å². The van der Waals surface area contributed by atoms with Crippen molar-refractivity contribution >= 4 is 17.6 Å². The van der Waals surface area contributed by atoms with Crippen LogP contribution in [0.25, 0.3) is 0 Å². The van der Waals surface area contributed by atoms with Gasteiger partial charge in [-0.05, 0) is 30.3 Å². The molecule has 0 saturated heterocycles. The molecule has 0 aromatic heterocycles. The highest BCUT2D eigenvalue weighted by Crippen LogP contribution is 2.25. The maximum absolute atomic E-state index is 11.9. The molecule has 0 aliphatic rings. The van der Waals surface area contributed by atoms with E-state index in [-0.39, 0.29) is 28.3 Å². The summed E-state index contributed by atoms with van der Waals surface area (Å²) in [6.07, 6.45) is 0. The molecule has 108 valence electrons. The van der Waals surface area contributed by atoms with Crippen LogP contribution >= 0.6 is 0 Å². The van der Waals surface area contributed by atoms with Gasteiger partial charge in [-0.25, -0.2) is 4.79 Å². The molecule has 0 radical (unpaired) electrons. The Kier molecular flexibility index (Phi) is 3.66. The van der Waals surface area contributed by atoms with Crippen molar-refractivity contribution in [2.45, 2.75) is 0 Å². The van der Waals surface area contributed by atoms with Crippen LogP contribution in [0.5, 0.6) is 17.2 Å². The van der Waals surface area contributed by atoms with Crippen LogP contribution in [-0.4, -0.2) is 32.3 Å². The quantitative estimate of drug-likeness (QED) is 0.548. The van der Waals surface area contributed by atoms with Crippen molar-refractivity contribution in [2.75, 3.05) is 5.32 Å². The van der Waals surface area contributed by atoms with Gasteiger partial charge in [-0.15, -0.1) is 0 Å². The van der Waals surface area contributed by atoms with E-state index in [1.165, 1.54) is 12.1 Å². The number of benzene rings is 2. The van der Waals surface area contributed by atoms with E-state index in [1.54, 1.807) is 0 Å². The Hall–Kier alpha value is -3.22. The lowest BCUT2D eigenvalue weighted by atomic mass is 10.1. The summed E-state index contributed by atoms with van der Waals surface area (Å²) in [5, 5.41) is 39.5. The molecule has 0 aliphatic heterocycles. The number of hydrogen-bond acceptors (Lipinski definition) is 5. The smallest absolute Gasteiger partial charge is 0.339 e. The van der Waals surface area contributed by atoms with Crippen LogP contribution in [0.15, 0.2) is 36.4 Å². The van der Waals surface area contributed by atoms with Crippen molar-refractivity contribution in [3.8, 4) is 17.2 Å². The van der Waals surface area contributed by atoms with E-state index in [1.807, 2.05) is 0 Å². The van der Waals surface area contributed by atoms with Gasteiger partial charge in [0.15, 0.2) is 0 Å². The molecular formula is C14H11NO6. The number of aromatic hydroxyl groups is 3. The fourth-order valence-corrected chi connectivity index (χ4v) is 1.69. The highest BCUT2D eigenvalue weighted by molar-refractivity contribution is 6.06. The SMILES string of the molecule is O=C(O)c1ccc(NC(=O)c2cc(O)ccc2O)cc1O. The monoisotopic (exact) mass is 289 g/mol. The van der Waals surface area contributed by atoms with Gasteiger partial charge in [0.1, 0.15) is 22.8 Å². The Labute approximate surface area is 118 Å². The second-order valence-corrected chi connectivity index (χ2v) is 4.19. The van der Waals surface area contributed by atoms with E-state index in [0.29, 0.717) is 0 Å². The molecule has 0 bridgehead atoms. The Morgan fingerprint density at radius 1 is 0.857 bits per heavy atom. The molecule has 1 amide bonds. The Balaban J connectivity index is 2.26. The van der Waals surface area contributed by atoms with E-state index in [9.17, 15) is 24.9 Å². The lowest BCUT2D eigenvalue weighted by Gasteiger charge is -2.08. The number of carbonyl (C=O) groups excluding carboxylic acids is 1. The summed E-state index contributed by atoms with van der Waals surface area (Å²) >= 11 is 0. The lowest BCUT2D eigenvalue weighted by Crippen LogP contribution is -2.12. The molecule has 21 heavy (non-hydrogen) atoms. The first-order valence-corrected chi connectivity index (χ1v) is 5.78. The number of carboxylic acids is 1.